The third kappa shape index (κ3) is 5.00. The minimum absolute atomic E-state index is 0.0268. The first-order valence-corrected chi connectivity index (χ1v) is 11.6. The van der Waals surface area contributed by atoms with Crippen molar-refractivity contribution < 1.29 is 14.6 Å². The number of halogens is 5. The fourth-order valence-corrected chi connectivity index (χ4v) is 4.53. The summed E-state index contributed by atoms with van der Waals surface area (Å²) in [7, 11) is 0. The van der Waals surface area contributed by atoms with Crippen LogP contribution in [0.4, 0.5) is 0 Å². The topological polar surface area (TPSA) is 92.3 Å². The molecule has 0 unspecified atom stereocenters. The molecule has 0 fully saturated rings. The number of aryl methyl sites for hydroxylation is 1. The Hall–Kier alpha value is -2.40. The first-order valence-electron chi connectivity index (χ1n) is 9.67. The average molecular weight is 561 g/mol. The van der Waals surface area contributed by atoms with E-state index >= 15 is 0 Å². The summed E-state index contributed by atoms with van der Waals surface area (Å²) in [6.45, 7) is 0.791. The van der Waals surface area contributed by atoms with Gasteiger partial charge in [-0.15, -0.1) is 0 Å². The van der Waals surface area contributed by atoms with E-state index in [9.17, 15) is 20.0 Å². The lowest BCUT2D eigenvalue weighted by Crippen LogP contribution is -2.28. The van der Waals surface area contributed by atoms with Crippen LogP contribution < -0.4 is 10.3 Å². The summed E-state index contributed by atoms with van der Waals surface area (Å²) >= 11 is 30.2. The number of carbonyl (C=O) groups excluding carboxylic acids is 1. The van der Waals surface area contributed by atoms with Crippen LogP contribution in [0.15, 0.2) is 35.1 Å². The minimum atomic E-state index is -0.728. The molecule has 6 nitrogen and oxygen atoms in total. The zero-order valence-corrected chi connectivity index (χ0v) is 21.2. The van der Waals surface area contributed by atoms with Crippen molar-refractivity contribution in [2.24, 2.45) is 0 Å². The van der Waals surface area contributed by atoms with Gasteiger partial charge in [0.05, 0.1) is 20.6 Å². The predicted octanol–water partition coefficient (Wildman–Crippen LogP) is 6.51. The van der Waals surface area contributed by atoms with E-state index in [1.165, 1.54) is 6.92 Å². The quantitative estimate of drug-likeness (QED) is 0.202. The summed E-state index contributed by atoms with van der Waals surface area (Å²) in [5.74, 6) is -1.48. The Labute approximate surface area is 219 Å². The molecule has 176 valence electrons. The number of nitrogens with zero attached hydrogens (tertiary/aromatic N) is 2. The summed E-state index contributed by atoms with van der Waals surface area (Å²) in [5, 5.41) is 19.7. The van der Waals surface area contributed by atoms with Crippen molar-refractivity contribution in [1.82, 2.24) is 4.57 Å². The van der Waals surface area contributed by atoms with Gasteiger partial charge in [0.15, 0.2) is 12.4 Å². The molecule has 0 atom stereocenters. The molecule has 0 aliphatic heterocycles. The Balaban J connectivity index is 1.97. The molecule has 34 heavy (non-hydrogen) atoms. The van der Waals surface area contributed by atoms with Gasteiger partial charge in [0, 0.05) is 6.54 Å². The minimum Gasteiger partial charge on any atom is -0.494 e. The molecule has 1 N–H and O–H groups in total. The Kier molecular flexibility index (Phi) is 8.40. The second-order valence-electron chi connectivity index (χ2n) is 7.11. The third-order valence-electron chi connectivity index (χ3n) is 5.06. The molecule has 0 aliphatic carbocycles. The van der Waals surface area contributed by atoms with E-state index in [4.69, 9.17) is 62.7 Å². The molecule has 0 bridgehead atoms. The molecule has 0 spiro atoms. The second-order valence-corrected chi connectivity index (χ2v) is 9.00. The monoisotopic (exact) mass is 558 g/mol. The maximum absolute atomic E-state index is 13.0. The van der Waals surface area contributed by atoms with Crippen molar-refractivity contribution in [2.45, 2.75) is 19.9 Å². The second kappa shape index (κ2) is 10.9. The van der Waals surface area contributed by atoms with E-state index in [2.05, 4.69) is 0 Å². The van der Waals surface area contributed by atoms with Gasteiger partial charge in [-0.05, 0) is 24.5 Å². The van der Waals surface area contributed by atoms with Crippen molar-refractivity contribution in [3.63, 3.8) is 0 Å². The van der Waals surface area contributed by atoms with E-state index in [0.717, 1.165) is 10.1 Å². The number of Topliss-reactive ketones (excluding diaryl/α,β-unsaturated/α-hetero) is 1. The van der Waals surface area contributed by atoms with Gasteiger partial charge in [-0.2, -0.15) is 5.26 Å². The molecule has 1 aromatic heterocycles. The fraction of sp³-hybridized carbons (Fsp3) is 0.174. The van der Waals surface area contributed by atoms with Crippen molar-refractivity contribution in [2.75, 3.05) is 6.61 Å². The smallest absolute Gasteiger partial charge is 0.271 e. The summed E-state index contributed by atoms with van der Waals surface area (Å²) in [6.07, 6.45) is 0.388. The molecule has 2 aromatic carbocycles. The molecule has 11 heteroatoms. The number of carbonyl (C=O) groups is 1. The van der Waals surface area contributed by atoms with Crippen LogP contribution in [0.1, 0.15) is 27.0 Å². The van der Waals surface area contributed by atoms with Crippen molar-refractivity contribution >= 4 is 63.8 Å². The molecule has 1 heterocycles. The number of aromatic hydroxyl groups is 1. The predicted molar refractivity (Wildman–Crippen MR) is 133 cm³/mol. The fourth-order valence-electron chi connectivity index (χ4n) is 3.30. The van der Waals surface area contributed by atoms with Gasteiger partial charge in [-0.25, -0.2) is 0 Å². The lowest BCUT2D eigenvalue weighted by molar-refractivity contribution is 0.0916. The lowest BCUT2D eigenvalue weighted by atomic mass is 10.0. The van der Waals surface area contributed by atoms with Gasteiger partial charge < -0.3 is 9.84 Å². The number of rotatable bonds is 7. The van der Waals surface area contributed by atoms with Gasteiger partial charge in [0.2, 0.25) is 11.7 Å². The highest BCUT2D eigenvalue weighted by molar-refractivity contribution is 6.55. The molecule has 0 aliphatic rings. The molecule has 3 aromatic rings. The normalized spacial score (nSPS) is 10.7. The summed E-state index contributed by atoms with van der Waals surface area (Å²) in [6, 6.07) is 11.1. The Morgan fingerprint density at radius 2 is 1.59 bits per heavy atom. The van der Waals surface area contributed by atoms with Crippen LogP contribution in [0, 0.1) is 18.3 Å². The molecule has 0 saturated heterocycles. The van der Waals surface area contributed by atoms with Crippen LogP contribution in [0.3, 0.4) is 0 Å². The first kappa shape index (κ1) is 26.2. The number of aromatic nitrogens is 1. The van der Waals surface area contributed by atoms with Crippen LogP contribution in [-0.2, 0) is 13.0 Å². The van der Waals surface area contributed by atoms with E-state index < -0.39 is 23.8 Å². The van der Waals surface area contributed by atoms with Crippen LogP contribution in [-0.4, -0.2) is 22.1 Å². The van der Waals surface area contributed by atoms with Crippen LogP contribution in [0.25, 0.3) is 0 Å². The van der Waals surface area contributed by atoms with Gasteiger partial charge >= 0.3 is 0 Å². The van der Waals surface area contributed by atoms with Crippen LogP contribution >= 0.6 is 58.0 Å². The standard InChI is InChI=1S/C23H15Cl5N2O4/c1-11-13(9-29)22(32)30(8-7-12-5-3-2-4-6-12)23(33)15(11)14(31)10-34-21-19(27)17(25)16(24)18(26)20(21)28/h2-6,33H,7-8,10H2,1H3. The molecule has 0 saturated carbocycles. The maximum Gasteiger partial charge on any atom is 0.271 e. The summed E-state index contributed by atoms with van der Waals surface area (Å²) in [5.41, 5.74) is -0.262. The van der Waals surface area contributed by atoms with E-state index in [1.54, 1.807) is 0 Å². The number of hydrogen-bond donors (Lipinski definition) is 1. The zero-order valence-electron chi connectivity index (χ0n) is 17.5. The highest BCUT2D eigenvalue weighted by Gasteiger charge is 2.26. The van der Waals surface area contributed by atoms with E-state index in [1.807, 2.05) is 36.4 Å². The number of ketones is 1. The van der Waals surface area contributed by atoms with Gasteiger partial charge in [-0.3, -0.25) is 14.2 Å². The number of benzene rings is 2. The summed E-state index contributed by atoms with van der Waals surface area (Å²) in [4.78, 5) is 25.8. The Morgan fingerprint density at radius 1 is 1.03 bits per heavy atom. The maximum atomic E-state index is 13.0. The van der Waals surface area contributed by atoms with Crippen LogP contribution in [0.2, 0.25) is 25.1 Å². The Morgan fingerprint density at radius 3 is 2.15 bits per heavy atom. The van der Waals surface area contributed by atoms with Crippen LogP contribution in [0.5, 0.6) is 11.6 Å². The van der Waals surface area contributed by atoms with Gasteiger partial charge in [-0.1, -0.05) is 88.3 Å². The molecule has 0 amide bonds. The molecule has 0 radical (unpaired) electrons. The Bertz CT molecular complexity index is 1350. The van der Waals surface area contributed by atoms with E-state index in [0.29, 0.717) is 6.42 Å². The first-order chi connectivity index (χ1) is 16.1. The van der Waals surface area contributed by atoms with Crippen molar-refractivity contribution in [3.8, 4) is 17.7 Å². The average Bonchev–Trinajstić information content (AvgIpc) is 2.82. The molecular formula is C23H15Cl5N2O4. The van der Waals surface area contributed by atoms with Crippen molar-refractivity contribution in [1.29, 1.82) is 5.26 Å². The lowest BCUT2D eigenvalue weighted by Gasteiger charge is -2.17. The van der Waals surface area contributed by atoms with Gasteiger partial charge in [0.25, 0.3) is 5.56 Å². The third-order valence-corrected chi connectivity index (χ3v) is 7.31. The number of hydrogen-bond acceptors (Lipinski definition) is 5. The zero-order chi connectivity index (χ0) is 25.2. The van der Waals surface area contributed by atoms with E-state index in [-0.39, 0.29) is 54.1 Å². The van der Waals surface area contributed by atoms with Gasteiger partial charge in [0.1, 0.15) is 21.7 Å². The SMILES string of the molecule is Cc1c(C(=O)COc2c(Cl)c(Cl)c(Cl)c(Cl)c2Cl)c(O)n(CCc2ccccc2)c(=O)c1C#N. The highest BCUT2D eigenvalue weighted by Crippen LogP contribution is 2.48. The number of nitriles is 1. The number of pyridine rings is 1. The number of ether oxygens (including phenoxy) is 1. The molecular weight excluding hydrogens is 546 g/mol. The largest absolute Gasteiger partial charge is 0.494 e. The molecule has 3 rings (SSSR count). The highest BCUT2D eigenvalue weighted by atomic mass is 35.5. The van der Waals surface area contributed by atoms with Crippen molar-refractivity contribution in [3.05, 3.63) is 88.1 Å². The summed E-state index contributed by atoms with van der Waals surface area (Å²) < 4.78 is 6.45.